The number of benzene rings is 1. The van der Waals surface area contributed by atoms with Crippen LogP contribution in [0.2, 0.25) is 0 Å². The molecule has 1 aromatic carbocycles. The van der Waals surface area contributed by atoms with Crippen molar-refractivity contribution in [3.63, 3.8) is 0 Å². The van der Waals surface area contributed by atoms with Crippen LogP contribution in [-0.4, -0.2) is 26.8 Å². The number of fused-ring (bicyclic) bond motifs is 1. The molecule has 1 heterocycles. The Kier molecular flexibility index (Phi) is 2.00. The summed E-state index contributed by atoms with van der Waals surface area (Å²) in [5.41, 5.74) is 0.428. The molecular formula is C10H8N2O3. The van der Waals surface area contributed by atoms with Crippen LogP contribution in [0.5, 0.6) is 0 Å². The zero-order valence-electron chi connectivity index (χ0n) is 7.97. The maximum absolute atomic E-state index is 11.2. The van der Waals surface area contributed by atoms with Gasteiger partial charge in [-0.05, 0) is 6.07 Å². The van der Waals surface area contributed by atoms with E-state index in [-0.39, 0.29) is 11.5 Å². The highest BCUT2D eigenvalue weighted by atomic mass is 16.4. The van der Waals surface area contributed by atoms with Crippen molar-refractivity contribution >= 4 is 22.8 Å². The van der Waals surface area contributed by atoms with E-state index in [1.807, 2.05) is 0 Å². The van der Waals surface area contributed by atoms with Gasteiger partial charge in [-0.3, -0.25) is 4.79 Å². The first kappa shape index (κ1) is 9.39. The Balaban J connectivity index is 2.86. The maximum Gasteiger partial charge on any atom is 0.337 e. The minimum absolute atomic E-state index is 0.0835. The van der Waals surface area contributed by atoms with Gasteiger partial charge in [-0.25, -0.2) is 4.79 Å². The fourth-order valence-electron chi connectivity index (χ4n) is 1.49. The molecule has 0 spiro atoms. The van der Waals surface area contributed by atoms with E-state index in [0.717, 1.165) is 4.68 Å². The molecule has 0 amide bonds. The molecule has 2 aromatic rings. The second-order valence-corrected chi connectivity index (χ2v) is 3.12. The number of hydrogen-bond donors (Lipinski definition) is 1. The van der Waals surface area contributed by atoms with Gasteiger partial charge in [0, 0.05) is 12.3 Å². The van der Waals surface area contributed by atoms with Crippen LogP contribution in [0.1, 0.15) is 22.1 Å². The lowest BCUT2D eigenvalue weighted by Crippen LogP contribution is -2.10. The number of carboxylic acid groups (broad SMARTS) is 1. The summed E-state index contributed by atoms with van der Waals surface area (Å²) in [7, 11) is 0. The topological polar surface area (TPSA) is 72.2 Å². The lowest BCUT2D eigenvalue weighted by molar-refractivity contribution is 0.0698. The third kappa shape index (κ3) is 1.38. The highest BCUT2D eigenvalue weighted by molar-refractivity contribution is 6.04. The second-order valence-electron chi connectivity index (χ2n) is 3.12. The molecule has 0 saturated heterocycles. The number of carbonyl (C=O) groups is 2. The predicted octanol–water partition coefficient (Wildman–Crippen LogP) is 1.39. The number of nitrogens with zero attached hydrogens (tertiary/aromatic N) is 2. The van der Waals surface area contributed by atoms with Gasteiger partial charge in [0.05, 0.1) is 17.3 Å². The molecule has 1 N–H and O–H groups in total. The lowest BCUT2D eigenvalue weighted by atomic mass is 10.1. The van der Waals surface area contributed by atoms with Crippen LogP contribution in [-0.2, 0) is 0 Å². The summed E-state index contributed by atoms with van der Waals surface area (Å²) in [6.45, 7) is 1.34. The van der Waals surface area contributed by atoms with Crippen LogP contribution in [0.4, 0.5) is 0 Å². The van der Waals surface area contributed by atoms with Crippen molar-refractivity contribution in [3.8, 4) is 0 Å². The van der Waals surface area contributed by atoms with E-state index in [9.17, 15) is 9.59 Å². The highest BCUT2D eigenvalue weighted by Crippen LogP contribution is 2.18. The van der Waals surface area contributed by atoms with Gasteiger partial charge in [-0.1, -0.05) is 12.1 Å². The van der Waals surface area contributed by atoms with Gasteiger partial charge in [0.25, 0.3) is 0 Å². The fourth-order valence-corrected chi connectivity index (χ4v) is 1.49. The molecule has 5 nitrogen and oxygen atoms in total. The molecule has 0 aliphatic heterocycles. The Morgan fingerprint density at radius 1 is 1.40 bits per heavy atom. The highest BCUT2D eigenvalue weighted by Gasteiger charge is 2.14. The van der Waals surface area contributed by atoms with Crippen molar-refractivity contribution < 1.29 is 14.7 Å². The summed E-state index contributed by atoms with van der Waals surface area (Å²) >= 11 is 0. The van der Waals surface area contributed by atoms with Crippen LogP contribution in [0, 0.1) is 0 Å². The minimum Gasteiger partial charge on any atom is -0.478 e. The van der Waals surface area contributed by atoms with Gasteiger partial charge >= 0.3 is 5.97 Å². The number of aromatic nitrogens is 2. The number of hydrogen-bond acceptors (Lipinski definition) is 3. The predicted molar refractivity (Wildman–Crippen MR) is 53.0 cm³/mol. The molecule has 2 rings (SSSR count). The summed E-state index contributed by atoms with van der Waals surface area (Å²) < 4.78 is 1.10. The molecule has 5 heteroatoms. The molecule has 0 bridgehead atoms. The summed E-state index contributed by atoms with van der Waals surface area (Å²) in [5, 5.41) is 13.4. The molecular weight excluding hydrogens is 196 g/mol. The molecule has 0 aliphatic rings. The average Bonchev–Trinajstić information content (AvgIpc) is 2.60. The van der Waals surface area contributed by atoms with Crippen molar-refractivity contribution in [1.29, 1.82) is 0 Å². The van der Waals surface area contributed by atoms with Gasteiger partial charge in [0.2, 0.25) is 5.91 Å². The van der Waals surface area contributed by atoms with Crippen LogP contribution < -0.4 is 0 Å². The van der Waals surface area contributed by atoms with Crippen LogP contribution in [0.15, 0.2) is 24.4 Å². The Hall–Kier alpha value is -2.17. The van der Waals surface area contributed by atoms with E-state index in [0.29, 0.717) is 10.9 Å². The number of aromatic carboxylic acids is 1. The summed E-state index contributed by atoms with van der Waals surface area (Å²) in [4.78, 5) is 22.1. The molecule has 0 saturated carbocycles. The standard InChI is InChI=1S/C10H8N2O3/c1-6(13)12-9-7(5-11-12)3-2-4-8(9)10(14)15/h2-5H,1H3,(H,14,15). The Bertz CT molecular complexity index is 557. The number of para-hydroxylation sites is 1. The van der Waals surface area contributed by atoms with Crippen LogP contribution in [0.3, 0.4) is 0 Å². The van der Waals surface area contributed by atoms with E-state index in [4.69, 9.17) is 5.11 Å². The SMILES string of the molecule is CC(=O)n1ncc2cccc(C(=O)O)c21. The molecule has 0 fully saturated rings. The maximum atomic E-state index is 11.2. The minimum atomic E-state index is -1.07. The third-order valence-corrected chi connectivity index (χ3v) is 2.12. The number of carbonyl (C=O) groups excluding carboxylic acids is 1. The first-order chi connectivity index (χ1) is 7.11. The number of rotatable bonds is 1. The molecule has 1 aromatic heterocycles. The smallest absolute Gasteiger partial charge is 0.337 e. The first-order valence-corrected chi connectivity index (χ1v) is 4.32. The Morgan fingerprint density at radius 3 is 2.73 bits per heavy atom. The van der Waals surface area contributed by atoms with Crippen molar-refractivity contribution in [2.45, 2.75) is 6.92 Å². The van der Waals surface area contributed by atoms with E-state index >= 15 is 0 Å². The molecule has 76 valence electrons. The molecule has 0 unspecified atom stereocenters. The van der Waals surface area contributed by atoms with Gasteiger partial charge in [0.15, 0.2) is 0 Å². The van der Waals surface area contributed by atoms with Gasteiger partial charge in [0.1, 0.15) is 0 Å². The Morgan fingerprint density at radius 2 is 2.13 bits per heavy atom. The third-order valence-electron chi connectivity index (χ3n) is 2.12. The normalized spacial score (nSPS) is 10.5. The molecule has 0 atom stereocenters. The van der Waals surface area contributed by atoms with Gasteiger partial charge in [-0.15, -0.1) is 0 Å². The van der Waals surface area contributed by atoms with Crippen molar-refractivity contribution in [1.82, 2.24) is 9.78 Å². The van der Waals surface area contributed by atoms with Gasteiger partial charge < -0.3 is 5.11 Å². The average molecular weight is 204 g/mol. The van der Waals surface area contributed by atoms with Crippen LogP contribution >= 0.6 is 0 Å². The first-order valence-electron chi connectivity index (χ1n) is 4.32. The molecule has 0 radical (unpaired) electrons. The Labute approximate surface area is 84.9 Å². The van der Waals surface area contributed by atoms with Crippen molar-refractivity contribution in [2.75, 3.05) is 0 Å². The lowest BCUT2D eigenvalue weighted by Gasteiger charge is -2.00. The van der Waals surface area contributed by atoms with E-state index in [2.05, 4.69) is 5.10 Å². The largest absolute Gasteiger partial charge is 0.478 e. The monoisotopic (exact) mass is 204 g/mol. The summed E-state index contributed by atoms with van der Waals surface area (Å²) in [6, 6.07) is 4.79. The summed E-state index contributed by atoms with van der Waals surface area (Å²) in [6.07, 6.45) is 1.48. The van der Waals surface area contributed by atoms with Gasteiger partial charge in [-0.2, -0.15) is 9.78 Å². The zero-order valence-corrected chi connectivity index (χ0v) is 7.97. The summed E-state index contributed by atoms with van der Waals surface area (Å²) in [5.74, 6) is -1.37. The fraction of sp³-hybridized carbons (Fsp3) is 0.100. The van der Waals surface area contributed by atoms with E-state index in [1.165, 1.54) is 19.2 Å². The van der Waals surface area contributed by atoms with E-state index in [1.54, 1.807) is 12.1 Å². The van der Waals surface area contributed by atoms with Crippen molar-refractivity contribution in [3.05, 3.63) is 30.0 Å². The zero-order chi connectivity index (χ0) is 11.0. The second kappa shape index (κ2) is 3.20. The quantitative estimate of drug-likeness (QED) is 0.761. The van der Waals surface area contributed by atoms with Crippen molar-refractivity contribution in [2.24, 2.45) is 0 Å². The molecule has 15 heavy (non-hydrogen) atoms. The van der Waals surface area contributed by atoms with Crippen LogP contribution in [0.25, 0.3) is 10.9 Å². The van der Waals surface area contributed by atoms with E-state index < -0.39 is 5.97 Å². The number of carboxylic acids is 1. The molecule has 0 aliphatic carbocycles.